The Morgan fingerprint density at radius 1 is 1.47 bits per heavy atom. The number of esters is 1. The van der Waals surface area contributed by atoms with E-state index in [2.05, 4.69) is 6.92 Å². The molecular weight excluding hydrogens is 246 g/mol. The van der Waals surface area contributed by atoms with Crippen LogP contribution in [-0.4, -0.2) is 18.0 Å². The molecule has 3 atom stereocenters. The van der Waals surface area contributed by atoms with Gasteiger partial charge in [-0.25, -0.2) is 0 Å². The molecule has 1 aliphatic rings. The molecule has 0 amide bonds. The molecule has 3 unspecified atom stereocenters. The third-order valence-electron chi connectivity index (χ3n) is 3.76. The lowest BCUT2D eigenvalue weighted by molar-refractivity contribution is -0.384. The Balaban J connectivity index is 1.92. The number of benzene rings is 1. The number of hydrogen-bond donors (Lipinski definition) is 0. The first kappa shape index (κ1) is 13.5. The molecule has 0 heterocycles. The second-order valence-electron chi connectivity index (χ2n) is 5.11. The average Bonchev–Trinajstić information content (AvgIpc) is 3.17. The van der Waals surface area contributed by atoms with Gasteiger partial charge in [0.15, 0.2) is 0 Å². The van der Waals surface area contributed by atoms with Crippen molar-refractivity contribution >= 4 is 11.7 Å². The molecular formula is C14H17NO4. The van der Waals surface area contributed by atoms with E-state index in [-0.39, 0.29) is 17.6 Å². The minimum Gasteiger partial charge on any atom is -0.469 e. The predicted molar refractivity (Wildman–Crippen MR) is 69.7 cm³/mol. The van der Waals surface area contributed by atoms with Crippen molar-refractivity contribution in [2.75, 3.05) is 7.11 Å². The summed E-state index contributed by atoms with van der Waals surface area (Å²) >= 11 is 0. The van der Waals surface area contributed by atoms with Gasteiger partial charge in [-0.05, 0) is 30.2 Å². The lowest BCUT2D eigenvalue weighted by Gasteiger charge is -2.11. The monoisotopic (exact) mass is 263 g/mol. The quantitative estimate of drug-likeness (QED) is 0.465. The lowest BCUT2D eigenvalue weighted by atomic mass is 9.94. The molecule has 0 N–H and O–H groups in total. The van der Waals surface area contributed by atoms with Crippen molar-refractivity contribution in [2.45, 2.75) is 25.7 Å². The highest BCUT2D eigenvalue weighted by Gasteiger charge is 2.44. The average molecular weight is 263 g/mol. The summed E-state index contributed by atoms with van der Waals surface area (Å²) in [5.41, 5.74) is 1.18. The van der Waals surface area contributed by atoms with Crippen LogP contribution in [-0.2, 0) is 9.53 Å². The summed E-state index contributed by atoms with van der Waals surface area (Å²) in [4.78, 5) is 21.5. The van der Waals surface area contributed by atoms with Gasteiger partial charge < -0.3 is 4.74 Å². The predicted octanol–water partition coefficient (Wildman–Crippen LogP) is 2.90. The number of nitro benzene ring substituents is 1. The SMILES string of the molecule is COC(=O)C1CC1CC(C)c1ccc([N+](=O)[O-])cc1. The van der Waals surface area contributed by atoms with Crippen LogP contribution in [0.25, 0.3) is 0 Å². The molecule has 0 saturated heterocycles. The van der Waals surface area contributed by atoms with Gasteiger partial charge in [-0.1, -0.05) is 19.1 Å². The Hall–Kier alpha value is -1.91. The largest absolute Gasteiger partial charge is 0.469 e. The Morgan fingerprint density at radius 2 is 2.11 bits per heavy atom. The maximum absolute atomic E-state index is 11.3. The van der Waals surface area contributed by atoms with Gasteiger partial charge in [-0.3, -0.25) is 14.9 Å². The first-order valence-electron chi connectivity index (χ1n) is 6.35. The lowest BCUT2D eigenvalue weighted by Crippen LogP contribution is -2.05. The van der Waals surface area contributed by atoms with Gasteiger partial charge in [0, 0.05) is 12.1 Å². The zero-order valence-corrected chi connectivity index (χ0v) is 11.0. The van der Waals surface area contributed by atoms with Crippen LogP contribution in [0.2, 0.25) is 0 Å². The highest BCUT2D eigenvalue weighted by molar-refractivity contribution is 5.75. The maximum atomic E-state index is 11.3. The van der Waals surface area contributed by atoms with Gasteiger partial charge in [0.2, 0.25) is 0 Å². The van der Waals surface area contributed by atoms with Crippen molar-refractivity contribution in [3.63, 3.8) is 0 Å². The minimum absolute atomic E-state index is 0.0468. The number of hydrogen-bond acceptors (Lipinski definition) is 4. The number of rotatable bonds is 5. The fourth-order valence-electron chi connectivity index (χ4n) is 2.46. The number of carbonyl (C=O) groups is 1. The first-order chi connectivity index (χ1) is 9.02. The molecule has 0 aromatic heterocycles. The summed E-state index contributed by atoms with van der Waals surface area (Å²) in [5, 5.41) is 10.6. The molecule has 0 aliphatic heterocycles. The van der Waals surface area contributed by atoms with E-state index in [1.54, 1.807) is 12.1 Å². The summed E-state index contributed by atoms with van der Waals surface area (Å²) in [6.45, 7) is 2.08. The van der Waals surface area contributed by atoms with Crippen LogP contribution in [0.5, 0.6) is 0 Å². The molecule has 5 nitrogen and oxygen atoms in total. The van der Waals surface area contributed by atoms with Gasteiger partial charge in [0.05, 0.1) is 18.0 Å². The molecule has 5 heteroatoms. The highest BCUT2D eigenvalue weighted by atomic mass is 16.6. The van der Waals surface area contributed by atoms with Crippen LogP contribution < -0.4 is 0 Å². The number of nitro groups is 1. The van der Waals surface area contributed by atoms with E-state index in [9.17, 15) is 14.9 Å². The molecule has 2 rings (SSSR count). The van der Waals surface area contributed by atoms with Crippen molar-refractivity contribution in [1.82, 2.24) is 0 Å². The van der Waals surface area contributed by atoms with Crippen molar-refractivity contribution < 1.29 is 14.5 Å². The molecule has 19 heavy (non-hydrogen) atoms. The minimum atomic E-state index is -0.400. The van der Waals surface area contributed by atoms with Crippen LogP contribution in [0.1, 0.15) is 31.2 Å². The number of carbonyl (C=O) groups excluding carboxylic acids is 1. The Morgan fingerprint density at radius 3 is 2.63 bits per heavy atom. The van der Waals surface area contributed by atoms with E-state index in [1.807, 2.05) is 0 Å². The molecule has 1 aliphatic carbocycles. The van der Waals surface area contributed by atoms with Crippen molar-refractivity contribution in [3.05, 3.63) is 39.9 Å². The third kappa shape index (κ3) is 3.10. The third-order valence-corrected chi connectivity index (χ3v) is 3.76. The van der Waals surface area contributed by atoms with Crippen LogP contribution >= 0.6 is 0 Å². The van der Waals surface area contributed by atoms with Gasteiger partial charge in [-0.15, -0.1) is 0 Å². The zero-order valence-electron chi connectivity index (χ0n) is 11.0. The van der Waals surface area contributed by atoms with Crippen LogP contribution in [0, 0.1) is 22.0 Å². The summed E-state index contributed by atoms with van der Waals surface area (Å²) in [6, 6.07) is 6.63. The van der Waals surface area contributed by atoms with E-state index in [4.69, 9.17) is 4.74 Å². The van der Waals surface area contributed by atoms with E-state index < -0.39 is 4.92 Å². The Labute approximate surface area is 111 Å². The summed E-state index contributed by atoms with van der Waals surface area (Å²) in [7, 11) is 1.41. The molecule has 0 bridgehead atoms. The van der Waals surface area contributed by atoms with Crippen LogP contribution in [0.4, 0.5) is 5.69 Å². The second-order valence-corrected chi connectivity index (χ2v) is 5.11. The standard InChI is InChI=1S/C14H17NO4/c1-9(7-11-8-13(11)14(16)19-2)10-3-5-12(6-4-10)15(17)18/h3-6,9,11,13H,7-8H2,1-2H3. The van der Waals surface area contributed by atoms with Gasteiger partial charge in [0.1, 0.15) is 0 Å². The first-order valence-corrected chi connectivity index (χ1v) is 6.35. The number of nitrogens with zero attached hydrogens (tertiary/aromatic N) is 1. The molecule has 0 spiro atoms. The van der Waals surface area contributed by atoms with Crippen LogP contribution in [0.3, 0.4) is 0 Å². The molecule has 1 fully saturated rings. The molecule has 1 saturated carbocycles. The summed E-state index contributed by atoms with van der Waals surface area (Å²) in [6.07, 6.45) is 1.81. The van der Waals surface area contributed by atoms with Crippen molar-refractivity contribution in [2.24, 2.45) is 11.8 Å². The normalized spacial score (nSPS) is 22.6. The fourth-order valence-corrected chi connectivity index (χ4v) is 2.46. The zero-order chi connectivity index (χ0) is 14.0. The fraction of sp³-hybridized carbons (Fsp3) is 0.500. The van der Waals surface area contributed by atoms with E-state index in [1.165, 1.54) is 19.2 Å². The van der Waals surface area contributed by atoms with Gasteiger partial charge in [0.25, 0.3) is 5.69 Å². The Bertz CT molecular complexity index is 483. The topological polar surface area (TPSA) is 69.4 Å². The Kier molecular flexibility index (Phi) is 3.83. The van der Waals surface area contributed by atoms with Gasteiger partial charge in [-0.2, -0.15) is 0 Å². The van der Waals surface area contributed by atoms with E-state index >= 15 is 0 Å². The summed E-state index contributed by atoms with van der Waals surface area (Å²) < 4.78 is 4.72. The van der Waals surface area contributed by atoms with Crippen molar-refractivity contribution in [1.29, 1.82) is 0 Å². The second kappa shape index (κ2) is 5.38. The van der Waals surface area contributed by atoms with E-state index in [0.717, 1.165) is 18.4 Å². The van der Waals surface area contributed by atoms with E-state index in [0.29, 0.717) is 11.8 Å². The number of non-ortho nitro benzene ring substituents is 1. The van der Waals surface area contributed by atoms with Gasteiger partial charge >= 0.3 is 5.97 Å². The maximum Gasteiger partial charge on any atom is 0.308 e. The summed E-state index contributed by atoms with van der Waals surface area (Å²) in [5.74, 6) is 0.601. The van der Waals surface area contributed by atoms with Crippen LogP contribution in [0.15, 0.2) is 24.3 Å². The van der Waals surface area contributed by atoms with Crippen molar-refractivity contribution in [3.8, 4) is 0 Å². The number of ether oxygens (including phenoxy) is 1. The molecule has 1 aromatic carbocycles. The molecule has 0 radical (unpaired) electrons. The molecule has 102 valence electrons. The number of methoxy groups -OCH3 is 1. The molecule has 1 aromatic rings. The highest BCUT2D eigenvalue weighted by Crippen LogP contribution is 2.45. The smallest absolute Gasteiger partial charge is 0.308 e.